The highest BCUT2D eigenvalue weighted by molar-refractivity contribution is 6.15. The number of ether oxygens (including phenoxy) is 1. The molecule has 4 N–H and O–H groups in total. The first-order valence-corrected chi connectivity index (χ1v) is 11.1. The molecule has 2 aromatic carbocycles. The van der Waals surface area contributed by atoms with E-state index in [4.69, 9.17) is 10.5 Å². The number of aryl methyl sites for hydroxylation is 2. The lowest BCUT2D eigenvalue weighted by Crippen LogP contribution is -2.53. The third-order valence-corrected chi connectivity index (χ3v) is 7.20. The SMILES string of the molecule is COc1ccccc1CN1C(=O)[C@@H]2[C@H](CC(N)=O)N[C@]3(C(=O)Nc4c(C)cc(C)cc43)[C@H]2C1=O. The van der Waals surface area contributed by atoms with Crippen molar-refractivity contribution in [2.24, 2.45) is 17.6 Å². The smallest absolute Gasteiger partial charge is 0.250 e. The Bertz CT molecular complexity index is 1260. The standard InChI is InChI=1S/C25H26N4O5/c1-12-8-13(2)21-15(9-12)25(24(33)27-21)20-19(16(28-25)10-18(26)30)22(31)29(23(20)32)11-14-6-4-5-7-17(14)34-3/h4-9,16,19-20,28H,10-11H2,1-3H3,(H2,26,30)(H,27,33)/t16-,19+,20+,25-/m0/s1. The van der Waals surface area contributed by atoms with E-state index in [1.807, 2.05) is 26.0 Å². The van der Waals surface area contributed by atoms with Crippen molar-refractivity contribution in [3.8, 4) is 5.75 Å². The fourth-order valence-electron chi connectivity index (χ4n) is 5.87. The average Bonchev–Trinajstić information content (AvgIpc) is 3.35. The number of carbonyl (C=O) groups excluding carboxylic acids is 4. The Kier molecular flexibility index (Phi) is 4.98. The van der Waals surface area contributed by atoms with E-state index in [1.165, 1.54) is 12.0 Å². The number of hydrogen-bond donors (Lipinski definition) is 3. The number of carbonyl (C=O) groups is 4. The number of fused-ring (bicyclic) bond motifs is 4. The fraction of sp³-hybridized carbons (Fsp3) is 0.360. The zero-order chi connectivity index (χ0) is 24.4. The van der Waals surface area contributed by atoms with Crippen LogP contribution in [0.2, 0.25) is 0 Å². The van der Waals surface area contributed by atoms with Gasteiger partial charge in [-0.3, -0.25) is 29.4 Å². The summed E-state index contributed by atoms with van der Waals surface area (Å²) in [5, 5.41) is 6.13. The summed E-state index contributed by atoms with van der Waals surface area (Å²) in [6.45, 7) is 3.80. The Morgan fingerprint density at radius 2 is 1.88 bits per heavy atom. The van der Waals surface area contributed by atoms with Gasteiger partial charge in [-0.05, 0) is 25.5 Å². The zero-order valence-electron chi connectivity index (χ0n) is 19.2. The average molecular weight is 463 g/mol. The normalized spacial score (nSPS) is 27.2. The van der Waals surface area contributed by atoms with E-state index in [2.05, 4.69) is 10.6 Å². The Labute approximate surface area is 196 Å². The summed E-state index contributed by atoms with van der Waals surface area (Å²) < 4.78 is 5.39. The minimum atomic E-state index is -1.46. The summed E-state index contributed by atoms with van der Waals surface area (Å²) in [5.41, 5.74) is 7.74. The predicted octanol–water partition coefficient (Wildman–Crippen LogP) is 1.11. The first kappa shape index (κ1) is 22.1. The topological polar surface area (TPSA) is 131 Å². The monoisotopic (exact) mass is 462 g/mol. The van der Waals surface area contributed by atoms with E-state index in [9.17, 15) is 19.2 Å². The number of benzene rings is 2. The number of anilines is 1. The molecule has 0 bridgehead atoms. The summed E-state index contributed by atoms with van der Waals surface area (Å²) in [6, 6.07) is 10.2. The van der Waals surface area contributed by atoms with Crippen LogP contribution in [0.4, 0.5) is 5.69 Å². The molecule has 0 aliphatic carbocycles. The molecule has 9 nitrogen and oxygen atoms in total. The van der Waals surface area contributed by atoms with Gasteiger partial charge < -0.3 is 15.8 Å². The molecule has 2 fully saturated rings. The largest absolute Gasteiger partial charge is 0.496 e. The maximum atomic E-state index is 13.8. The second-order valence-electron chi connectivity index (χ2n) is 9.27. The van der Waals surface area contributed by atoms with Crippen LogP contribution in [0, 0.1) is 25.7 Å². The van der Waals surface area contributed by atoms with Crippen LogP contribution in [-0.2, 0) is 31.3 Å². The molecule has 176 valence electrons. The van der Waals surface area contributed by atoms with Gasteiger partial charge in [-0.2, -0.15) is 0 Å². The summed E-state index contributed by atoms with van der Waals surface area (Å²) in [6.07, 6.45) is -0.169. The van der Waals surface area contributed by atoms with Gasteiger partial charge in [0.1, 0.15) is 11.3 Å². The van der Waals surface area contributed by atoms with Gasteiger partial charge in [0.2, 0.25) is 23.6 Å². The van der Waals surface area contributed by atoms with Gasteiger partial charge in [0.25, 0.3) is 0 Å². The molecule has 0 unspecified atom stereocenters. The third kappa shape index (κ3) is 2.96. The van der Waals surface area contributed by atoms with Crippen LogP contribution in [0.3, 0.4) is 0 Å². The van der Waals surface area contributed by atoms with Gasteiger partial charge in [0.05, 0.1) is 25.5 Å². The van der Waals surface area contributed by atoms with Crippen LogP contribution >= 0.6 is 0 Å². The van der Waals surface area contributed by atoms with Crippen molar-refractivity contribution in [1.82, 2.24) is 10.2 Å². The van der Waals surface area contributed by atoms with E-state index < -0.39 is 47.0 Å². The van der Waals surface area contributed by atoms with Crippen molar-refractivity contribution in [2.45, 2.75) is 38.4 Å². The van der Waals surface area contributed by atoms with E-state index in [0.29, 0.717) is 22.6 Å². The van der Waals surface area contributed by atoms with E-state index in [1.54, 1.807) is 24.3 Å². The number of primary amides is 1. The first-order chi connectivity index (χ1) is 16.2. The van der Waals surface area contributed by atoms with Gasteiger partial charge in [-0.25, -0.2) is 0 Å². The van der Waals surface area contributed by atoms with Crippen molar-refractivity contribution in [3.63, 3.8) is 0 Å². The number of nitrogens with two attached hydrogens (primary N) is 1. The van der Waals surface area contributed by atoms with Crippen LogP contribution in [0.15, 0.2) is 36.4 Å². The lowest BCUT2D eigenvalue weighted by atomic mass is 9.76. The number of methoxy groups -OCH3 is 1. The number of hydrogen-bond acceptors (Lipinski definition) is 6. The molecular weight excluding hydrogens is 436 g/mol. The third-order valence-electron chi connectivity index (χ3n) is 7.20. The molecule has 9 heteroatoms. The van der Waals surface area contributed by atoms with Gasteiger partial charge in [0.15, 0.2) is 0 Å². The van der Waals surface area contributed by atoms with E-state index in [-0.39, 0.29) is 13.0 Å². The Balaban J connectivity index is 1.63. The molecule has 3 aliphatic rings. The minimum absolute atomic E-state index is 0.00930. The molecule has 4 amide bonds. The number of nitrogens with zero attached hydrogens (tertiary/aromatic N) is 1. The second-order valence-corrected chi connectivity index (χ2v) is 9.27. The summed E-state index contributed by atoms with van der Waals surface area (Å²) in [5.74, 6) is -3.25. The minimum Gasteiger partial charge on any atom is -0.496 e. The Morgan fingerprint density at radius 1 is 1.15 bits per heavy atom. The maximum absolute atomic E-state index is 13.8. The van der Waals surface area contributed by atoms with E-state index >= 15 is 0 Å². The molecule has 0 saturated carbocycles. The lowest BCUT2D eigenvalue weighted by Gasteiger charge is -2.29. The molecule has 3 heterocycles. The van der Waals surface area contributed by atoms with Gasteiger partial charge in [-0.15, -0.1) is 0 Å². The highest BCUT2D eigenvalue weighted by Gasteiger charge is 2.70. The predicted molar refractivity (Wildman–Crippen MR) is 122 cm³/mol. The Morgan fingerprint density at radius 3 is 2.59 bits per heavy atom. The number of likely N-dealkylation sites (tertiary alicyclic amines) is 1. The number of para-hydroxylation sites is 1. The zero-order valence-corrected chi connectivity index (χ0v) is 19.2. The summed E-state index contributed by atoms with van der Waals surface area (Å²) >= 11 is 0. The summed E-state index contributed by atoms with van der Waals surface area (Å²) in [7, 11) is 1.52. The number of rotatable bonds is 5. The lowest BCUT2D eigenvalue weighted by molar-refractivity contribution is -0.143. The van der Waals surface area contributed by atoms with Crippen molar-refractivity contribution >= 4 is 29.3 Å². The molecule has 4 atom stereocenters. The number of imide groups is 1. The van der Waals surface area contributed by atoms with Crippen LogP contribution in [0.25, 0.3) is 0 Å². The molecular formula is C25H26N4O5. The molecule has 3 aliphatic heterocycles. The van der Waals surface area contributed by atoms with Crippen molar-refractivity contribution < 1.29 is 23.9 Å². The van der Waals surface area contributed by atoms with Crippen LogP contribution in [0.5, 0.6) is 5.75 Å². The Hall–Kier alpha value is -3.72. The van der Waals surface area contributed by atoms with E-state index in [0.717, 1.165) is 11.1 Å². The molecule has 0 aromatic heterocycles. The second kappa shape index (κ2) is 7.66. The molecule has 5 rings (SSSR count). The number of nitrogens with one attached hydrogen (secondary N) is 2. The highest BCUT2D eigenvalue weighted by Crippen LogP contribution is 2.54. The summed E-state index contributed by atoms with van der Waals surface area (Å²) in [4.78, 5) is 54.1. The first-order valence-electron chi connectivity index (χ1n) is 11.1. The number of amides is 4. The molecule has 0 radical (unpaired) electrons. The van der Waals surface area contributed by atoms with Crippen LogP contribution < -0.4 is 21.1 Å². The maximum Gasteiger partial charge on any atom is 0.250 e. The van der Waals surface area contributed by atoms with Crippen LogP contribution in [0.1, 0.15) is 28.7 Å². The van der Waals surface area contributed by atoms with Gasteiger partial charge in [-0.1, -0.05) is 35.9 Å². The molecule has 34 heavy (non-hydrogen) atoms. The quantitative estimate of drug-likeness (QED) is 0.571. The molecule has 2 saturated heterocycles. The van der Waals surface area contributed by atoms with Crippen LogP contribution in [-0.4, -0.2) is 41.7 Å². The van der Waals surface area contributed by atoms with Crippen molar-refractivity contribution in [2.75, 3.05) is 12.4 Å². The molecule has 2 aromatic rings. The highest BCUT2D eigenvalue weighted by atomic mass is 16.5. The van der Waals surface area contributed by atoms with Crippen molar-refractivity contribution in [1.29, 1.82) is 0 Å². The fourth-order valence-corrected chi connectivity index (χ4v) is 5.87. The van der Waals surface area contributed by atoms with Gasteiger partial charge in [0, 0.05) is 29.3 Å². The van der Waals surface area contributed by atoms with Crippen molar-refractivity contribution in [3.05, 3.63) is 58.7 Å². The molecule has 1 spiro atoms. The van der Waals surface area contributed by atoms with Gasteiger partial charge >= 0.3 is 0 Å².